The van der Waals surface area contributed by atoms with E-state index in [-0.39, 0.29) is 23.1 Å². The first-order chi connectivity index (χ1) is 12.7. The molecule has 1 heterocycles. The first kappa shape index (κ1) is 20.0. The Balaban J connectivity index is 2.01. The van der Waals surface area contributed by atoms with Crippen molar-refractivity contribution < 1.29 is 17.3 Å². The molecule has 146 valence electrons. The van der Waals surface area contributed by atoms with Crippen molar-refractivity contribution in [2.45, 2.75) is 44.2 Å². The van der Waals surface area contributed by atoms with Gasteiger partial charge in [-0.05, 0) is 46.7 Å². The molecular weight excluding hydrogens is 362 g/mol. The third-order valence-electron chi connectivity index (χ3n) is 4.64. The van der Waals surface area contributed by atoms with Crippen LogP contribution in [0.15, 0.2) is 47.4 Å². The van der Waals surface area contributed by atoms with Crippen LogP contribution in [0.4, 0.5) is 0 Å². The molecule has 2 aromatic carbocycles. The number of ether oxygens (including phenoxy) is 1. The minimum atomic E-state index is -3.87. The van der Waals surface area contributed by atoms with Gasteiger partial charge in [-0.1, -0.05) is 51.1 Å². The number of benzene rings is 2. The van der Waals surface area contributed by atoms with Gasteiger partial charge in [-0.3, -0.25) is 9.50 Å². The van der Waals surface area contributed by atoms with E-state index >= 15 is 0 Å². The van der Waals surface area contributed by atoms with E-state index in [1.165, 1.54) is 0 Å². The summed E-state index contributed by atoms with van der Waals surface area (Å²) in [7, 11) is -3.87. The van der Waals surface area contributed by atoms with Gasteiger partial charge < -0.3 is 4.74 Å². The number of hydrogen-bond donors (Lipinski definition) is 1. The third kappa shape index (κ3) is 4.58. The van der Waals surface area contributed by atoms with Crippen molar-refractivity contribution in [3.63, 3.8) is 0 Å². The van der Waals surface area contributed by atoms with Crippen LogP contribution in [0.1, 0.15) is 31.9 Å². The lowest BCUT2D eigenvalue weighted by molar-refractivity contribution is 0.0603. The summed E-state index contributed by atoms with van der Waals surface area (Å²) in [4.78, 5) is 0.183. The van der Waals surface area contributed by atoms with Crippen LogP contribution >= 0.6 is 0 Å². The van der Waals surface area contributed by atoms with Crippen molar-refractivity contribution in [3.05, 3.63) is 53.6 Å². The molecule has 6 heteroatoms. The Hall–Kier alpha value is -1.73. The maximum atomic E-state index is 12.8. The standard InChI is InChI=1S/C21H27NO4S/c1-15-12-17(27(23,24)26-14-19-22-10-11-25-19)13-18(21(2,3)4)20(15)16-8-6-5-7-9-16/h5-9,12-13,19,22H,10-11,14H2,1-4H3/t19-/m0/s1. The van der Waals surface area contributed by atoms with E-state index in [4.69, 9.17) is 8.92 Å². The van der Waals surface area contributed by atoms with Gasteiger partial charge in [-0.15, -0.1) is 0 Å². The highest BCUT2D eigenvalue weighted by Gasteiger charge is 2.26. The average Bonchev–Trinajstić information content (AvgIpc) is 3.13. The summed E-state index contributed by atoms with van der Waals surface area (Å²) in [5.74, 6) is 0. The molecule has 0 spiro atoms. The van der Waals surface area contributed by atoms with Gasteiger partial charge in [0.05, 0.1) is 11.5 Å². The Bertz CT molecular complexity index is 896. The molecule has 5 nitrogen and oxygen atoms in total. The summed E-state index contributed by atoms with van der Waals surface area (Å²) in [6, 6.07) is 13.5. The van der Waals surface area contributed by atoms with Gasteiger partial charge >= 0.3 is 0 Å². The van der Waals surface area contributed by atoms with E-state index in [1.807, 2.05) is 37.3 Å². The number of nitrogens with one attached hydrogen (secondary N) is 1. The molecule has 27 heavy (non-hydrogen) atoms. The molecule has 0 amide bonds. The quantitative estimate of drug-likeness (QED) is 0.792. The predicted molar refractivity (Wildman–Crippen MR) is 106 cm³/mol. The lowest BCUT2D eigenvalue weighted by Gasteiger charge is -2.26. The number of rotatable bonds is 5. The second-order valence-corrected chi connectivity index (χ2v) is 9.45. The largest absolute Gasteiger partial charge is 0.360 e. The third-order valence-corrected chi connectivity index (χ3v) is 5.90. The van der Waals surface area contributed by atoms with Crippen molar-refractivity contribution in [2.24, 2.45) is 0 Å². The highest BCUT2D eigenvalue weighted by atomic mass is 32.2. The Morgan fingerprint density at radius 1 is 1.19 bits per heavy atom. The Morgan fingerprint density at radius 2 is 1.89 bits per heavy atom. The van der Waals surface area contributed by atoms with Crippen LogP contribution in [0.5, 0.6) is 0 Å². The number of aryl methyl sites for hydroxylation is 1. The molecule has 1 fully saturated rings. The smallest absolute Gasteiger partial charge is 0.297 e. The second-order valence-electron chi connectivity index (χ2n) is 7.83. The van der Waals surface area contributed by atoms with Crippen molar-refractivity contribution in [1.29, 1.82) is 0 Å². The van der Waals surface area contributed by atoms with Crippen molar-refractivity contribution in [1.82, 2.24) is 5.32 Å². The second kappa shape index (κ2) is 7.72. The number of hydrogen-bond acceptors (Lipinski definition) is 5. The minimum Gasteiger partial charge on any atom is -0.360 e. The molecule has 0 unspecified atom stereocenters. The van der Waals surface area contributed by atoms with Crippen molar-refractivity contribution >= 4 is 10.1 Å². The molecule has 0 saturated carbocycles. The van der Waals surface area contributed by atoms with Crippen LogP contribution in [-0.2, 0) is 24.5 Å². The van der Waals surface area contributed by atoms with Gasteiger partial charge in [-0.2, -0.15) is 8.42 Å². The normalized spacial score (nSPS) is 18.0. The molecule has 0 radical (unpaired) electrons. The minimum absolute atomic E-state index is 0.0351. The van der Waals surface area contributed by atoms with Gasteiger partial charge in [0.2, 0.25) is 0 Å². The van der Waals surface area contributed by atoms with Gasteiger partial charge in [0.25, 0.3) is 10.1 Å². The van der Waals surface area contributed by atoms with Crippen LogP contribution in [0, 0.1) is 6.92 Å². The summed E-state index contributed by atoms with van der Waals surface area (Å²) in [6.07, 6.45) is -0.383. The monoisotopic (exact) mass is 389 g/mol. The summed E-state index contributed by atoms with van der Waals surface area (Å²) >= 11 is 0. The van der Waals surface area contributed by atoms with E-state index in [9.17, 15) is 8.42 Å². The summed E-state index contributed by atoms with van der Waals surface area (Å²) in [5.41, 5.74) is 3.81. The maximum absolute atomic E-state index is 12.8. The molecule has 0 aromatic heterocycles. The molecule has 3 rings (SSSR count). The molecule has 1 saturated heterocycles. The van der Waals surface area contributed by atoms with Gasteiger partial charge in [0.1, 0.15) is 12.8 Å². The van der Waals surface area contributed by atoms with Crippen LogP contribution in [-0.4, -0.2) is 34.4 Å². The molecule has 1 aliphatic rings. The molecule has 0 bridgehead atoms. The van der Waals surface area contributed by atoms with E-state index in [0.717, 1.165) is 22.3 Å². The molecule has 1 atom stereocenters. The molecule has 0 aliphatic carbocycles. The zero-order valence-corrected chi connectivity index (χ0v) is 17.1. The highest BCUT2D eigenvalue weighted by molar-refractivity contribution is 7.86. The van der Waals surface area contributed by atoms with Crippen LogP contribution in [0.2, 0.25) is 0 Å². The predicted octanol–water partition coefficient (Wildman–Crippen LogP) is 3.61. The molecular formula is C21H27NO4S. The first-order valence-corrected chi connectivity index (χ1v) is 10.5. The van der Waals surface area contributed by atoms with Gasteiger partial charge in [0, 0.05) is 6.54 Å². The highest BCUT2D eigenvalue weighted by Crippen LogP contribution is 2.37. The lowest BCUT2D eigenvalue weighted by atomic mass is 9.80. The summed E-state index contributed by atoms with van der Waals surface area (Å²) in [6.45, 7) is 9.43. The van der Waals surface area contributed by atoms with Crippen LogP contribution < -0.4 is 5.32 Å². The SMILES string of the molecule is Cc1cc(S(=O)(=O)OC[C@H]2NCCO2)cc(C(C)(C)C)c1-c1ccccc1. The van der Waals surface area contributed by atoms with Gasteiger partial charge in [-0.25, -0.2) is 0 Å². The fourth-order valence-electron chi connectivity index (χ4n) is 3.28. The van der Waals surface area contributed by atoms with Crippen LogP contribution in [0.25, 0.3) is 11.1 Å². The first-order valence-electron chi connectivity index (χ1n) is 9.13. The zero-order valence-electron chi connectivity index (χ0n) is 16.3. The van der Waals surface area contributed by atoms with Crippen molar-refractivity contribution in [2.75, 3.05) is 19.8 Å². The Kier molecular flexibility index (Phi) is 5.72. The molecule has 2 aromatic rings. The fraction of sp³-hybridized carbons (Fsp3) is 0.429. The Morgan fingerprint density at radius 3 is 2.48 bits per heavy atom. The molecule has 1 aliphatic heterocycles. The summed E-state index contributed by atoms with van der Waals surface area (Å²) < 4.78 is 36.1. The van der Waals surface area contributed by atoms with E-state index in [2.05, 4.69) is 26.1 Å². The fourth-order valence-corrected chi connectivity index (χ4v) is 4.31. The molecule has 1 N–H and O–H groups in total. The van der Waals surface area contributed by atoms with E-state index in [1.54, 1.807) is 12.1 Å². The van der Waals surface area contributed by atoms with Crippen molar-refractivity contribution in [3.8, 4) is 11.1 Å². The zero-order chi connectivity index (χ0) is 19.7. The summed E-state index contributed by atoms with van der Waals surface area (Å²) in [5, 5.41) is 3.05. The van der Waals surface area contributed by atoms with Crippen LogP contribution in [0.3, 0.4) is 0 Å². The lowest BCUT2D eigenvalue weighted by Crippen LogP contribution is -2.29. The Labute approximate surface area is 161 Å². The van der Waals surface area contributed by atoms with E-state index in [0.29, 0.717) is 13.2 Å². The maximum Gasteiger partial charge on any atom is 0.297 e. The topological polar surface area (TPSA) is 64.6 Å². The van der Waals surface area contributed by atoms with E-state index < -0.39 is 10.1 Å². The van der Waals surface area contributed by atoms with Gasteiger partial charge in [0.15, 0.2) is 0 Å². The average molecular weight is 390 g/mol.